The standard InChI is InChI=1S/C20H19N3O3S/c1-14-11-18(24)23-20(21-14)27-13-19(25)22-16-7-9-17(10-8-16)26-12-15-5-3-2-4-6-15/h2-11H,12-13H2,1H3,(H,22,25)(H,21,23,24). The van der Waals surface area contributed by atoms with E-state index in [1.165, 1.54) is 17.8 Å². The Morgan fingerprint density at radius 3 is 2.59 bits per heavy atom. The van der Waals surface area contributed by atoms with Gasteiger partial charge in [-0.2, -0.15) is 0 Å². The van der Waals surface area contributed by atoms with Gasteiger partial charge < -0.3 is 15.0 Å². The fraction of sp³-hybridized carbons (Fsp3) is 0.150. The Morgan fingerprint density at radius 1 is 1.15 bits per heavy atom. The highest BCUT2D eigenvalue weighted by atomic mass is 32.2. The molecule has 0 aliphatic heterocycles. The third-order valence-corrected chi connectivity index (χ3v) is 4.45. The average Bonchev–Trinajstić information content (AvgIpc) is 2.66. The zero-order valence-corrected chi connectivity index (χ0v) is 15.6. The van der Waals surface area contributed by atoms with E-state index in [1.54, 1.807) is 19.1 Å². The minimum Gasteiger partial charge on any atom is -0.489 e. The Kier molecular flexibility index (Phi) is 6.27. The number of rotatable bonds is 7. The number of ether oxygens (including phenoxy) is 1. The van der Waals surface area contributed by atoms with E-state index in [9.17, 15) is 9.59 Å². The van der Waals surface area contributed by atoms with Crippen molar-refractivity contribution in [1.29, 1.82) is 0 Å². The Balaban J connectivity index is 1.48. The maximum absolute atomic E-state index is 12.1. The molecule has 0 bridgehead atoms. The van der Waals surface area contributed by atoms with Gasteiger partial charge in [0.05, 0.1) is 5.75 Å². The number of carbonyl (C=O) groups is 1. The fourth-order valence-corrected chi connectivity index (χ4v) is 3.05. The Hall–Kier alpha value is -3.06. The summed E-state index contributed by atoms with van der Waals surface area (Å²) < 4.78 is 5.72. The van der Waals surface area contributed by atoms with Gasteiger partial charge >= 0.3 is 0 Å². The molecule has 0 aliphatic rings. The number of hydrogen-bond acceptors (Lipinski definition) is 5. The van der Waals surface area contributed by atoms with Crippen LogP contribution in [0.25, 0.3) is 0 Å². The lowest BCUT2D eigenvalue weighted by Gasteiger charge is -2.08. The molecule has 0 saturated heterocycles. The topological polar surface area (TPSA) is 84.1 Å². The normalized spacial score (nSPS) is 10.4. The first-order valence-electron chi connectivity index (χ1n) is 8.36. The number of aryl methyl sites for hydroxylation is 1. The van der Waals surface area contributed by atoms with E-state index in [4.69, 9.17) is 4.74 Å². The fourth-order valence-electron chi connectivity index (χ4n) is 2.33. The number of benzene rings is 2. The molecule has 2 aromatic carbocycles. The maximum Gasteiger partial charge on any atom is 0.251 e. The van der Waals surface area contributed by atoms with Gasteiger partial charge in [-0.15, -0.1) is 0 Å². The molecule has 1 amide bonds. The smallest absolute Gasteiger partial charge is 0.251 e. The summed E-state index contributed by atoms with van der Waals surface area (Å²) in [6.45, 7) is 2.23. The minimum absolute atomic E-state index is 0.151. The van der Waals surface area contributed by atoms with Crippen LogP contribution >= 0.6 is 11.8 Å². The molecule has 0 fully saturated rings. The van der Waals surface area contributed by atoms with Gasteiger partial charge in [-0.3, -0.25) is 9.59 Å². The highest BCUT2D eigenvalue weighted by Crippen LogP contribution is 2.18. The molecular formula is C20H19N3O3S. The second-order valence-corrected chi connectivity index (χ2v) is 6.79. The Morgan fingerprint density at radius 2 is 1.89 bits per heavy atom. The van der Waals surface area contributed by atoms with Gasteiger partial charge in [-0.1, -0.05) is 42.1 Å². The van der Waals surface area contributed by atoms with Crippen LogP contribution in [0.5, 0.6) is 5.75 Å². The van der Waals surface area contributed by atoms with Crippen LogP contribution < -0.4 is 15.6 Å². The number of amides is 1. The number of thioether (sulfide) groups is 1. The first kappa shape index (κ1) is 18.7. The van der Waals surface area contributed by atoms with Crippen molar-refractivity contribution in [2.75, 3.05) is 11.1 Å². The summed E-state index contributed by atoms with van der Waals surface area (Å²) in [4.78, 5) is 30.3. The summed E-state index contributed by atoms with van der Waals surface area (Å²) in [5.74, 6) is 0.702. The summed E-state index contributed by atoms with van der Waals surface area (Å²) in [5, 5.41) is 3.24. The van der Waals surface area contributed by atoms with Crippen molar-refractivity contribution in [3.05, 3.63) is 82.3 Å². The molecule has 6 nitrogen and oxygen atoms in total. The van der Waals surface area contributed by atoms with Gasteiger partial charge in [0.2, 0.25) is 5.91 Å². The summed E-state index contributed by atoms with van der Waals surface area (Å²) in [7, 11) is 0. The van der Waals surface area contributed by atoms with Crippen molar-refractivity contribution in [3.8, 4) is 5.75 Å². The third-order valence-electron chi connectivity index (χ3n) is 3.57. The number of H-pyrrole nitrogens is 1. The second kappa shape index (κ2) is 9.05. The first-order valence-corrected chi connectivity index (χ1v) is 9.34. The van der Waals surface area contributed by atoms with E-state index in [0.29, 0.717) is 23.1 Å². The highest BCUT2D eigenvalue weighted by Gasteiger charge is 2.06. The molecule has 0 aliphatic carbocycles. The number of aromatic nitrogens is 2. The molecule has 138 valence electrons. The second-order valence-electron chi connectivity index (χ2n) is 5.83. The largest absolute Gasteiger partial charge is 0.489 e. The molecule has 3 aromatic rings. The predicted octanol–water partition coefficient (Wildman–Crippen LogP) is 3.39. The maximum atomic E-state index is 12.1. The quantitative estimate of drug-likeness (QED) is 0.484. The van der Waals surface area contributed by atoms with Crippen LogP contribution in [0.2, 0.25) is 0 Å². The zero-order valence-electron chi connectivity index (χ0n) is 14.8. The van der Waals surface area contributed by atoms with Crippen molar-refractivity contribution < 1.29 is 9.53 Å². The van der Waals surface area contributed by atoms with Gasteiger partial charge in [-0.05, 0) is 36.8 Å². The number of nitrogens with zero attached hydrogens (tertiary/aromatic N) is 1. The Bertz CT molecular complexity index is 956. The summed E-state index contributed by atoms with van der Waals surface area (Å²) in [5.41, 5.74) is 2.16. The minimum atomic E-state index is -0.225. The number of nitrogens with one attached hydrogen (secondary N) is 2. The zero-order chi connectivity index (χ0) is 19.1. The molecule has 0 saturated carbocycles. The van der Waals surface area contributed by atoms with Gasteiger partial charge in [-0.25, -0.2) is 4.98 Å². The molecule has 0 atom stereocenters. The van der Waals surface area contributed by atoms with Crippen LogP contribution in [0, 0.1) is 6.92 Å². The van der Waals surface area contributed by atoms with Crippen molar-refractivity contribution in [2.45, 2.75) is 18.7 Å². The van der Waals surface area contributed by atoms with Crippen molar-refractivity contribution in [1.82, 2.24) is 9.97 Å². The van der Waals surface area contributed by atoms with Gasteiger partial charge in [0.25, 0.3) is 5.56 Å². The average molecular weight is 381 g/mol. The van der Waals surface area contributed by atoms with Crippen molar-refractivity contribution >= 4 is 23.4 Å². The summed E-state index contributed by atoms with van der Waals surface area (Å²) in [6.07, 6.45) is 0. The molecule has 0 spiro atoms. The molecule has 0 unspecified atom stereocenters. The third kappa shape index (κ3) is 6.00. The summed E-state index contributed by atoms with van der Waals surface area (Å²) >= 11 is 1.18. The molecular weight excluding hydrogens is 362 g/mol. The number of hydrogen-bond donors (Lipinski definition) is 2. The van der Waals surface area contributed by atoms with E-state index in [2.05, 4.69) is 15.3 Å². The SMILES string of the molecule is Cc1cc(=O)[nH]c(SCC(=O)Nc2ccc(OCc3ccccc3)cc2)n1. The van der Waals surface area contributed by atoms with Gasteiger partial charge in [0.15, 0.2) is 5.16 Å². The monoisotopic (exact) mass is 381 g/mol. The van der Waals surface area contributed by atoms with Crippen LogP contribution in [-0.2, 0) is 11.4 Å². The van der Waals surface area contributed by atoms with Crippen LogP contribution in [0.15, 0.2) is 70.6 Å². The van der Waals surface area contributed by atoms with E-state index in [1.807, 2.05) is 42.5 Å². The lowest BCUT2D eigenvalue weighted by Crippen LogP contribution is -2.15. The van der Waals surface area contributed by atoms with E-state index >= 15 is 0 Å². The van der Waals surface area contributed by atoms with Crippen molar-refractivity contribution in [2.24, 2.45) is 0 Å². The molecule has 3 rings (SSSR count). The van der Waals surface area contributed by atoms with E-state index in [0.717, 1.165) is 11.3 Å². The lowest BCUT2D eigenvalue weighted by molar-refractivity contribution is -0.113. The molecule has 1 heterocycles. The molecule has 27 heavy (non-hydrogen) atoms. The molecule has 0 radical (unpaired) electrons. The molecule has 1 aromatic heterocycles. The van der Waals surface area contributed by atoms with E-state index in [-0.39, 0.29) is 17.2 Å². The number of anilines is 1. The molecule has 2 N–H and O–H groups in total. The van der Waals surface area contributed by atoms with Crippen LogP contribution in [0.3, 0.4) is 0 Å². The van der Waals surface area contributed by atoms with Gasteiger partial charge in [0, 0.05) is 17.4 Å². The predicted molar refractivity (Wildman–Crippen MR) is 106 cm³/mol. The van der Waals surface area contributed by atoms with Crippen molar-refractivity contribution in [3.63, 3.8) is 0 Å². The summed E-state index contributed by atoms with van der Waals surface area (Å²) in [6, 6.07) is 18.5. The highest BCUT2D eigenvalue weighted by molar-refractivity contribution is 7.99. The first-order chi connectivity index (χ1) is 13.1. The van der Waals surface area contributed by atoms with Crippen LogP contribution in [-0.4, -0.2) is 21.6 Å². The Labute approximate surface area is 161 Å². The van der Waals surface area contributed by atoms with Crippen LogP contribution in [0.1, 0.15) is 11.3 Å². The lowest BCUT2D eigenvalue weighted by atomic mass is 10.2. The van der Waals surface area contributed by atoms with E-state index < -0.39 is 0 Å². The number of aromatic amines is 1. The van der Waals surface area contributed by atoms with Crippen LogP contribution in [0.4, 0.5) is 5.69 Å². The van der Waals surface area contributed by atoms with Gasteiger partial charge in [0.1, 0.15) is 12.4 Å². The number of carbonyl (C=O) groups excluding carboxylic acids is 1. The molecule has 7 heteroatoms.